The smallest absolute Gasteiger partial charge is 0.264 e. The molecule has 6 heteroatoms. The van der Waals surface area contributed by atoms with Gasteiger partial charge in [0.1, 0.15) is 5.75 Å². The minimum Gasteiger partial charge on any atom is -0.496 e. The van der Waals surface area contributed by atoms with Crippen molar-refractivity contribution < 1.29 is 13.2 Å². The zero-order valence-corrected chi connectivity index (χ0v) is 16.7. The van der Waals surface area contributed by atoms with Crippen LogP contribution in [0.25, 0.3) is 0 Å². The Hall–Kier alpha value is -1.53. The molecule has 0 heterocycles. The number of ether oxygens (including phenoxy) is 1. The molecule has 0 amide bonds. The molecule has 2 aromatic rings. The van der Waals surface area contributed by atoms with E-state index < -0.39 is 10.0 Å². The Bertz CT molecular complexity index is 802. The number of hydrogen-bond acceptors (Lipinski definition) is 3. The lowest BCUT2D eigenvalue weighted by Gasteiger charge is -2.23. The summed E-state index contributed by atoms with van der Waals surface area (Å²) in [6.07, 6.45) is 0. The first-order valence-electron chi connectivity index (χ1n) is 7.77. The third-order valence-corrected chi connectivity index (χ3v) is 6.36. The van der Waals surface area contributed by atoms with Crippen LogP contribution in [0.5, 0.6) is 5.75 Å². The van der Waals surface area contributed by atoms with E-state index in [1.54, 1.807) is 25.3 Å². The summed E-state index contributed by atoms with van der Waals surface area (Å²) in [5, 5.41) is 0. The Morgan fingerprint density at radius 3 is 2.21 bits per heavy atom. The zero-order chi connectivity index (χ0) is 17.9. The summed E-state index contributed by atoms with van der Waals surface area (Å²) in [6.45, 7) is 6.40. The van der Waals surface area contributed by atoms with Gasteiger partial charge in [0.15, 0.2) is 0 Å². The maximum Gasteiger partial charge on any atom is 0.264 e. The Kier molecular flexibility index (Phi) is 5.93. The quantitative estimate of drug-likeness (QED) is 0.685. The fraction of sp³-hybridized carbons (Fsp3) is 0.333. The van der Waals surface area contributed by atoms with Crippen LogP contribution in [-0.2, 0) is 10.0 Å². The molecule has 4 nitrogen and oxygen atoms in total. The Morgan fingerprint density at radius 1 is 1.12 bits per heavy atom. The topological polar surface area (TPSA) is 46.6 Å². The molecule has 0 fully saturated rings. The van der Waals surface area contributed by atoms with Crippen LogP contribution in [0, 0.1) is 0 Å². The molecule has 0 unspecified atom stereocenters. The molecule has 0 aliphatic carbocycles. The summed E-state index contributed by atoms with van der Waals surface area (Å²) in [5.74, 6) is 1.00. The molecule has 0 radical (unpaired) electrons. The van der Waals surface area contributed by atoms with Gasteiger partial charge >= 0.3 is 0 Å². The molecule has 2 rings (SSSR count). The molecule has 0 N–H and O–H groups in total. The third-order valence-electron chi connectivity index (χ3n) is 3.85. The van der Waals surface area contributed by atoms with Crippen LogP contribution in [0.3, 0.4) is 0 Å². The van der Waals surface area contributed by atoms with Crippen LogP contribution >= 0.6 is 15.9 Å². The molecular formula is C18H22BrNO3S. The van der Waals surface area contributed by atoms with E-state index in [0.29, 0.717) is 28.4 Å². The second-order valence-corrected chi connectivity index (χ2v) is 8.43. The SMILES string of the molecule is CCN(c1ccc(C(C)C)cc1)S(=O)(=O)c1ccc(OC)c(Br)c1. The number of halogens is 1. The number of rotatable bonds is 6. The first kappa shape index (κ1) is 18.8. The second kappa shape index (κ2) is 7.57. The molecule has 0 saturated heterocycles. The van der Waals surface area contributed by atoms with E-state index in [1.807, 2.05) is 31.2 Å². The van der Waals surface area contributed by atoms with Gasteiger partial charge < -0.3 is 4.74 Å². The van der Waals surface area contributed by atoms with Gasteiger partial charge in [0.2, 0.25) is 0 Å². The van der Waals surface area contributed by atoms with Gasteiger partial charge in [0, 0.05) is 6.54 Å². The van der Waals surface area contributed by atoms with Gasteiger partial charge in [0.25, 0.3) is 10.0 Å². The second-order valence-electron chi connectivity index (χ2n) is 5.71. The largest absolute Gasteiger partial charge is 0.496 e. The number of anilines is 1. The normalized spacial score (nSPS) is 11.6. The van der Waals surface area contributed by atoms with Crippen LogP contribution in [0.4, 0.5) is 5.69 Å². The molecule has 130 valence electrons. The molecule has 0 aliphatic heterocycles. The van der Waals surface area contributed by atoms with Crippen molar-refractivity contribution >= 4 is 31.6 Å². The van der Waals surface area contributed by atoms with E-state index >= 15 is 0 Å². The van der Waals surface area contributed by atoms with Crippen molar-refractivity contribution in [3.63, 3.8) is 0 Å². The molecule has 0 aliphatic rings. The van der Waals surface area contributed by atoms with Gasteiger partial charge in [-0.1, -0.05) is 26.0 Å². The Labute approximate surface area is 152 Å². The van der Waals surface area contributed by atoms with E-state index in [2.05, 4.69) is 29.8 Å². The maximum atomic E-state index is 13.0. The van der Waals surface area contributed by atoms with E-state index in [-0.39, 0.29) is 4.90 Å². The predicted octanol–water partition coefficient (Wildman–Crippen LogP) is 4.80. The van der Waals surface area contributed by atoms with Crippen molar-refractivity contribution in [2.24, 2.45) is 0 Å². The summed E-state index contributed by atoms with van der Waals surface area (Å²) in [4.78, 5) is 0.227. The molecule has 0 saturated carbocycles. The van der Waals surface area contributed by atoms with E-state index in [9.17, 15) is 8.42 Å². The molecule has 0 spiro atoms. The third kappa shape index (κ3) is 3.75. The predicted molar refractivity (Wildman–Crippen MR) is 101 cm³/mol. The first-order valence-corrected chi connectivity index (χ1v) is 10.0. The standard InChI is InChI=1S/C18H22BrNO3S/c1-5-20(15-8-6-14(7-9-15)13(2)3)24(21,22)16-10-11-18(23-4)17(19)12-16/h6-13H,5H2,1-4H3. The number of benzene rings is 2. The van der Waals surface area contributed by atoms with Crippen LogP contribution < -0.4 is 9.04 Å². The summed E-state index contributed by atoms with van der Waals surface area (Å²) >= 11 is 3.34. The molecule has 2 aromatic carbocycles. The Balaban J connectivity index is 2.43. The highest BCUT2D eigenvalue weighted by Crippen LogP contribution is 2.31. The van der Waals surface area contributed by atoms with E-state index in [4.69, 9.17) is 4.74 Å². The Morgan fingerprint density at radius 2 is 1.75 bits per heavy atom. The lowest BCUT2D eigenvalue weighted by molar-refractivity contribution is 0.411. The number of nitrogens with zero attached hydrogens (tertiary/aromatic N) is 1. The van der Waals surface area contributed by atoms with Crippen molar-refractivity contribution in [3.8, 4) is 5.75 Å². The summed E-state index contributed by atoms with van der Waals surface area (Å²) in [5.41, 5.74) is 1.84. The van der Waals surface area contributed by atoms with Gasteiger partial charge in [-0.2, -0.15) is 0 Å². The van der Waals surface area contributed by atoms with Gasteiger partial charge in [-0.25, -0.2) is 8.42 Å². The van der Waals surface area contributed by atoms with Crippen LogP contribution in [0.2, 0.25) is 0 Å². The number of methoxy groups -OCH3 is 1. The highest BCUT2D eigenvalue weighted by Gasteiger charge is 2.24. The summed E-state index contributed by atoms with van der Waals surface area (Å²) in [6, 6.07) is 12.4. The zero-order valence-electron chi connectivity index (χ0n) is 14.3. The van der Waals surface area contributed by atoms with Gasteiger partial charge in [-0.3, -0.25) is 4.31 Å². The van der Waals surface area contributed by atoms with Crippen molar-refractivity contribution in [3.05, 3.63) is 52.5 Å². The van der Waals surface area contributed by atoms with Crippen LogP contribution in [0.15, 0.2) is 51.8 Å². The van der Waals surface area contributed by atoms with Crippen molar-refractivity contribution in [2.45, 2.75) is 31.6 Å². The lowest BCUT2D eigenvalue weighted by Crippen LogP contribution is -2.30. The van der Waals surface area contributed by atoms with Crippen molar-refractivity contribution in [1.29, 1.82) is 0 Å². The number of hydrogen-bond donors (Lipinski definition) is 0. The molecule has 24 heavy (non-hydrogen) atoms. The fourth-order valence-electron chi connectivity index (χ4n) is 2.45. The maximum absolute atomic E-state index is 13.0. The summed E-state index contributed by atoms with van der Waals surface area (Å²) in [7, 11) is -2.09. The average molecular weight is 412 g/mol. The first-order chi connectivity index (χ1) is 11.3. The van der Waals surface area contributed by atoms with Crippen LogP contribution in [-0.4, -0.2) is 22.1 Å². The van der Waals surface area contributed by atoms with Gasteiger partial charge in [0.05, 0.1) is 22.2 Å². The lowest BCUT2D eigenvalue weighted by atomic mass is 10.0. The van der Waals surface area contributed by atoms with E-state index in [1.165, 1.54) is 9.87 Å². The molecule has 0 aromatic heterocycles. The molecular weight excluding hydrogens is 390 g/mol. The van der Waals surface area contributed by atoms with Crippen LogP contribution in [0.1, 0.15) is 32.3 Å². The molecule has 0 bridgehead atoms. The number of sulfonamides is 1. The highest BCUT2D eigenvalue weighted by molar-refractivity contribution is 9.10. The van der Waals surface area contributed by atoms with Gasteiger partial charge in [-0.15, -0.1) is 0 Å². The van der Waals surface area contributed by atoms with Gasteiger partial charge in [-0.05, 0) is 64.7 Å². The summed E-state index contributed by atoms with van der Waals surface area (Å²) < 4.78 is 33.2. The van der Waals surface area contributed by atoms with Crippen molar-refractivity contribution in [2.75, 3.05) is 18.0 Å². The molecule has 0 atom stereocenters. The highest BCUT2D eigenvalue weighted by atomic mass is 79.9. The van der Waals surface area contributed by atoms with Crippen molar-refractivity contribution in [1.82, 2.24) is 0 Å². The monoisotopic (exact) mass is 411 g/mol. The van der Waals surface area contributed by atoms with E-state index in [0.717, 1.165) is 0 Å². The minimum absolute atomic E-state index is 0.227. The average Bonchev–Trinajstić information content (AvgIpc) is 2.55. The fourth-order valence-corrected chi connectivity index (χ4v) is 4.64. The minimum atomic E-state index is -3.64.